The number of hydrazone groups is 1. The molecule has 2 aromatic rings. The van der Waals surface area contributed by atoms with Gasteiger partial charge in [-0.15, -0.1) is 0 Å². The average molecular weight is 520 g/mol. The summed E-state index contributed by atoms with van der Waals surface area (Å²) >= 11 is 0. The number of pyridine rings is 1. The maximum atomic E-state index is 13.5. The summed E-state index contributed by atoms with van der Waals surface area (Å²) in [6, 6.07) is 9.28. The van der Waals surface area contributed by atoms with Gasteiger partial charge in [-0.05, 0) is 76.3 Å². The van der Waals surface area contributed by atoms with E-state index in [0.29, 0.717) is 48.7 Å². The Kier molecular flexibility index (Phi) is 7.27. The van der Waals surface area contributed by atoms with Crippen molar-refractivity contribution in [1.82, 2.24) is 14.9 Å². The van der Waals surface area contributed by atoms with Crippen molar-refractivity contribution in [3.63, 3.8) is 0 Å². The molecule has 3 aliphatic rings. The van der Waals surface area contributed by atoms with Gasteiger partial charge in [-0.25, -0.2) is 9.99 Å². The van der Waals surface area contributed by atoms with Crippen LogP contribution in [0.15, 0.2) is 41.6 Å². The lowest BCUT2D eigenvalue weighted by molar-refractivity contribution is -0.137. The van der Waals surface area contributed by atoms with Gasteiger partial charge in [0.2, 0.25) is 0 Å². The molecule has 9 heteroatoms. The average Bonchev–Trinajstić information content (AvgIpc) is 3.21. The van der Waals surface area contributed by atoms with Crippen LogP contribution in [0.4, 0.5) is 5.82 Å². The van der Waals surface area contributed by atoms with Crippen molar-refractivity contribution in [2.75, 3.05) is 45.3 Å². The molecule has 2 fully saturated rings. The molecular weight excluding hydrogens is 482 g/mol. The topological polar surface area (TPSA) is 87.6 Å². The van der Waals surface area contributed by atoms with E-state index >= 15 is 0 Å². The van der Waals surface area contributed by atoms with Crippen LogP contribution in [0.2, 0.25) is 0 Å². The lowest BCUT2D eigenvalue weighted by Crippen LogP contribution is -2.47. The Hall–Kier alpha value is -3.62. The quantitative estimate of drug-likeness (QED) is 0.574. The minimum atomic E-state index is -0.769. The molecule has 0 atom stereocenters. The standard InChI is InChI=1S/C29H37N5O4/c1-29(2)26(20-8-9-23(37-3)24(18-20)38-4)31-34(28(29)36)22-11-16-33(17-12-22)27(35)21-10-13-30-25(19-21)32-14-6-5-7-15-32/h8-10,13,18-19,22H,5-7,11-12,14-17H2,1-4H3. The molecule has 0 N–H and O–H groups in total. The molecule has 202 valence electrons. The number of aromatic nitrogens is 1. The van der Waals surface area contributed by atoms with Gasteiger partial charge in [-0.2, -0.15) is 5.10 Å². The fourth-order valence-corrected chi connectivity index (χ4v) is 5.66. The third-order valence-corrected chi connectivity index (χ3v) is 7.97. The maximum Gasteiger partial charge on any atom is 0.254 e. The second kappa shape index (κ2) is 10.6. The maximum absolute atomic E-state index is 13.5. The molecule has 0 saturated carbocycles. The van der Waals surface area contributed by atoms with Gasteiger partial charge in [-0.3, -0.25) is 9.59 Å². The van der Waals surface area contributed by atoms with Gasteiger partial charge in [0.1, 0.15) is 5.82 Å². The van der Waals surface area contributed by atoms with E-state index in [2.05, 4.69) is 9.88 Å². The fourth-order valence-electron chi connectivity index (χ4n) is 5.66. The number of nitrogens with zero attached hydrogens (tertiary/aromatic N) is 5. The molecule has 0 spiro atoms. The van der Waals surface area contributed by atoms with Gasteiger partial charge in [0.05, 0.1) is 31.4 Å². The highest BCUT2D eigenvalue weighted by Crippen LogP contribution is 2.37. The Morgan fingerprint density at radius 2 is 1.66 bits per heavy atom. The van der Waals surface area contributed by atoms with Crippen LogP contribution >= 0.6 is 0 Å². The Balaban J connectivity index is 1.28. The van der Waals surface area contributed by atoms with Gasteiger partial charge in [0.25, 0.3) is 11.8 Å². The summed E-state index contributed by atoms with van der Waals surface area (Å²) in [5, 5.41) is 6.47. The van der Waals surface area contributed by atoms with Crippen LogP contribution in [0.25, 0.3) is 0 Å². The Morgan fingerprint density at radius 1 is 0.947 bits per heavy atom. The van der Waals surface area contributed by atoms with E-state index in [1.807, 2.05) is 43.0 Å². The number of benzene rings is 1. The van der Waals surface area contributed by atoms with Crippen LogP contribution in [0.5, 0.6) is 11.5 Å². The second-order valence-corrected chi connectivity index (χ2v) is 10.8. The molecule has 0 radical (unpaired) electrons. The van der Waals surface area contributed by atoms with Crippen molar-refractivity contribution in [1.29, 1.82) is 0 Å². The first-order valence-corrected chi connectivity index (χ1v) is 13.5. The van der Waals surface area contributed by atoms with E-state index in [1.165, 1.54) is 6.42 Å². The normalized spacial score (nSPS) is 19.9. The lowest BCUT2D eigenvalue weighted by atomic mass is 9.83. The van der Waals surface area contributed by atoms with E-state index in [9.17, 15) is 9.59 Å². The Labute approximate surface area is 224 Å². The van der Waals surface area contributed by atoms with Gasteiger partial charge >= 0.3 is 0 Å². The largest absolute Gasteiger partial charge is 0.493 e. The van der Waals surface area contributed by atoms with Crippen molar-refractivity contribution in [2.45, 2.75) is 52.0 Å². The second-order valence-electron chi connectivity index (χ2n) is 10.8. The highest BCUT2D eigenvalue weighted by molar-refractivity contribution is 6.19. The SMILES string of the molecule is COc1ccc(C2=NN(C3CCN(C(=O)c4ccnc(N5CCCCC5)c4)CC3)C(=O)C2(C)C)cc1OC. The minimum Gasteiger partial charge on any atom is -0.493 e. The number of methoxy groups -OCH3 is 2. The van der Waals surface area contributed by atoms with Crippen molar-refractivity contribution >= 4 is 23.3 Å². The molecule has 0 bridgehead atoms. The van der Waals surface area contributed by atoms with Crippen LogP contribution in [-0.4, -0.2) is 78.9 Å². The number of ether oxygens (including phenoxy) is 2. The smallest absolute Gasteiger partial charge is 0.254 e. The van der Waals surface area contributed by atoms with E-state index < -0.39 is 5.41 Å². The molecule has 9 nitrogen and oxygen atoms in total. The molecule has 1 aromatic heterocycles. The number of carbonyl (C=O) groups is 2. The molecule has 1 aromatic carbocycles. The number of likely N-dealkylation sites (tertiary alicyclic amines) is 1. The monoisotopic (exact) mass is 519 g/mol. The highest BCUT2D eigenvalue weighted by atomic mass is 16.5. The molecule has 0 aliphatic carbocycles. The molecule has 3 aliphatic heterocycles. The Morgan fingerprint density at radius 3 is 2.34 bits per heavy atom. The summed E-state index contributed by atoms with van der Waals surface area (Å²) in [7, 11) is 3.19. The van der Waals surface area contributed by atoms with Crippen molar-refractivity contribution in [2.24, 2.45) is 10.5 Å². The number of carbonyl (C=O) groups excluding carboxylic acids is 2. The third kappa shape index (κ3) is 4.81. The van der Waals surface area contributed by atoms with Gasteiger partial charge in [-0.1, -0.05) is 0 Å². The van der Waals surface area contributed by atoms with E-state index in [4.69, 9.17) is 14.6 Å². The van der Waals surface area contributed by atoms with E-state index in [1.54, 1.807) is 31.5 Å². The third-order valence-electron chi connectivity index (χ3n) is 7.97. The molecule has 4 heterocycles. The molecule has 2 amide bonds. The van der Waals surface area contributed by atoms with Crippen LogP contribution in [0, 0.1) is 5.41 Å². The van der Waals surface area contributed by atoms with Gasteiger partial charge in [0, 0.05) is 43.5 Å². The van der Waals surface area contributed by atoms with Crippen LogP contribution in [0.1, 0.15) is 61.9 Å². The number of amides is 2. The summed E-state index contributed by atoms with van der Waals surface area (Å²) < 4.78 is 10.8. The number of anilines is 1. The molecular formula is C29H37N5O4. The Bertz CT molecular complexity index is 1230. The summed E-state index contributed by atoms with van der Waals surface area (Å²) in [6.45, 7) is 6.95. The first-order valence-electron chi connectivity index (χ1n) is 13.5. The van der Waals surface area contributed by atoms with Crippen LogP contribution in [0.3, 0.4) is 0 Å². The first-order chi connectivity index (χ1) is 18.3. The highest BCUT2D eigenvalue weighted by Gasteiger charge is 2.47. The minimum absolute atomic E-state index is 0.0201. The predicted molar refractivity (Wildman–Crippen MR) is 146 cm³/mol. The van der Waals surface area contributed by atoms with Crippen LogP contribution < -0.4 is 14.4 Å². The molecule has 2 saturated heterocycles. The van der Waals surface area contributed by atoms with Gasteiger partial charge in [0.15, 0.2) is 11.5 Å². The number of hydrogen-bond donors (Lipinski definition) is 0. The molecule has 0 unspecified atom stereocenters. The zero-order chi connectivity index (χ0) is 26.9. The predicted octanol–water partition coefficient (Wildman–Crippen LogP) is 3.97. The molecule has 5 rings (SSSR count). The fraction of sp³-hybridized carbons (Fsp3) is 0.517. The summed E-state index contributed by atoms with van der Waals surface area (Å²) in [5.41, 5.74) is 1.45. The summed E-state index contributed by atoms with van der Waals surface area (Å²) in [6.07, 6.45) is 6.67. The zero-order valence-electron chi connectivity index (χ0n) is 22.8. The summed E-state index contributed by atoms with van der Waals surface area (Å²) in [5.74, 6) is 2.11. The van der Waals surface area contributed by atoms with Crippen LogP contribution in [-0.2, 0) is 4.79 Å². The summed E-state index contributed by atoms with van der Waals surface area (Å²) in [4.78, 5) is 35.5. The number of rotatable bonds is 6. The lowest BCUT2D eigenvalue weighted by Gasteiger charge is -2.35. The first kappa shape index (κ1) is 26.0. The number of hydrogen-bond acceptors (Lipinski definition) is 7. The van der Waals surface area contributed by atoms with E-state index in [-0.39, 0.29) is 17.9 Å². The van der Waals surface area contributed by atoms with Crippen molar-refractivity contribution in [3.05, 3.63) is 47.7 Å². The molecule has 38 heavy (non-hydrogen) atoms. The van der Waals surface area contributed by atoms with E-state index in [0.717, 1.165) is 37.3 Å². The van der Waals surface area contributed by atoms with Crippen molar-refractivity contribution < 1.29 is 19.1 Å². The van der Waals surface area contributed by atoms with Gasteiger partial charge < -0.3 is 19.3 Å². The van der Waals surface area contributed by atoms with Crippen molar-refractivity contribution in [3.8, 4) is 11.5 Å². The number of piperidine rings is 2. The zero-order valence-corrected chi connectivity index (χ0v) is 22.8.